The smallest absolute Gasteiger partial charge is 0.338 e. The van der Waals surface area contributed by atoms with E-state index in [9.17, 15) is 14.4 Å². The topological polar surface area (TPSA) is 88.8 Å². The molecule has 1 saturated heterocycles. The van der Waals surface area contributed by atoms with E-state index in [4.69, 9.17) is 9.15 Å². The van der Waals surface area contributed by atoms with Gasteiger partial charge < -0.3 is 19.4 Å². The van der Waals surface area contributed by atoms with Gasteiger partial charge in [-0.3, -0.25) is 9.59 Å². The van der Waals surface area contributed by atoms with E-state index in [1.165, 1.54) is 0 Å². The van der Waals surface area contributed by atoms with Crippen molar-refractivity contribution in [3.05, 3.63) is 54.0 Å². The fourth-order valence-electron chi connectivity index (χ4n) is 2.87. The lowest BCUT2D eigenvalue weighted by Gasteiger charge is -2.15. The van der Waals surface area contributed by atoms with E-state index >= 15 is 0 Å². The van der Waals surface area contributed by atoms with E-state index in [1.807, 2.05) is 0 Å². The third-order valence-corrected chi connectivity index (χ3v) is 4.15. The number of furan rings is 1. The zero-order chi connectivity index (χ0) is 18.5. The third-order valence-electron chi connectivity index (χ3n) is 4.15. The molecule has 0 saturated carbocycles. The average Bonchev–Trinajstić information content (AvgIpc) is 3.26. The molecule has 136 valence electrons. The molecule has 2 heterocycles. The number of carbonyl (C=O) groups excluding carboxylic acids is 3. The third kappa shape index (κ3) is 4.11. The fraction of sp³-hybridized carbons (Fsp3) is 0.316. The number of nitrogens with zero attached hydrogens (tertiary/aromatic N) is 1. The largest absolute Gasteiger partial charge is 0.467 e. The number of nitrogens with one attached hydrogen (secondary N) is 1. The van der Waals surface area contributed by atoms with Crippen molar-refractivity contribution in [2.75, 3.05) is 18.5 Å². The second kappa shape index (κ2) is 7.86. The van der Waals surface area contributed by atoms with Crippen LogP contribution in [0.2, 0.25) is 0 Å². The van der Waals surface area contributed by atoms with E-state index in [-0.39, 0.29) is 24.8 Å². The summed E-state index contributed by atoms with van der Waals surface area (Å²) < 4.78 is 10.2. The molecule has 1 aliphatic rings. The van der Waals surface area contributed by atoms with Crippen molar-refractivity contribution in [2.45, 2.75) is 19.9 Å². The molecule has 1 aromatic heterocycles. The molecule has 7 heteroatoms. The van der Waals surface area contributed by atoms with Crippen LogP contribution in [0.1, 0.15) is 29.5 Å². The van der Waals surface area contributed by atoms with Gasteiger partial charge in [0.25, 0.3) is 0 Å². The number of carbonyl (C=O) groups is 3. The Labute approximate surface area is 150 Å². The van der Waals surface area contributed by atoms with Gasteiger partial charge in [0.2, 0.25) is 11.8 Å². The quantitative estimate of drug-likeness (QED) is 0.803. The molecule has 1 N–H and O–H groups in total. The molecule has 0 spiro atoms. The maximum Gasteiger partial charge on any atom is 0.338 e. The SMILES string of the molecule is CCOC(=O)c1cccc(NC(=O)C2CC(=O)N(Cc3ccco3)C2)c1. The van der Waals surface area contributed by atoms with Gasteiger partial charge in [0.15, 0.2) is 0 Å². The van der Waals surface area contributed by atoms with Crippen LogP contribution in [-0.2, 0) is 20.9 Å². The Kier molecular flexibility index (Phi) is 5.36. The highest BCUT2D eigenvalue weighted by Gasteiger charge is 2.34. The molecule has 0 radical (unpaired) electrons. The predicted octanol–water partition coefficient (Wildman–Crippen LogP) is 2.44. The van der Waals surface area contributed by atoms with Crippen LogP contribution in [0, 0.1) is 5.92 Å². The van der Waals surface area contributed by atoms with Crippen molar-refractivity contribution < 1.29 is 23.5 Å². The maximum atomic E-state index is 12.5. The van der Waals surface area contributed by atoms with E-state index in [0.29, 0.717) is 30.1 Å². The minimum atomic E-state index is -0.441. The summed E-state index contributed by atoms with van der Waals surface area (Å²) in [5.74, 6) is -0.530. The predicted molar refractivity (Wildman–Crippen MR) is 93.3 cm³/mol. The molecule has 2 amide bonds. The lowest BCUT2D eigenvalue weighted by atomic mass is 10.1. The first-order valence-electron chi connectivity index (χ1n) is 8.45. The molecule has 1 unspecified atom stereocenters. The minimum absolute atomic E-state index is 0.0816. The number of hydrogen-bond acceptors (Lipinski definition) is 5. The number of esters is 1. The van der Waals surface area contributed by atoms with Crippen molar-refractivity contribution in [2.24, 2.45) is 5.92 Å². The number of ether oxygens (including phenoxy) is 1. The Balaban J connectivity index is 1.61. The van der Waals surface area contributed by atoms with Crippen molar-refractivity contribution in [1.29, 1.82) is 0 Å². The van der Waals surface area contributed by atoms with Crippen LogP contribution < -0.4 is 5.32 Å². The number of hydrogen-bond donors (Lipinski definition) is 1. The van der Waals surface area contributed by atoms with Crippen molar-refractivity contribution in [1.82, 2.24) is 4.90 Å². The van der Waals surface area contributed by atoms with Gasteiger partial charge in [-0.2, -0.15) is 0 Å². The van der Waals surface area contributed by atoms with Crippen LogP contribution in [0.25, 0.3) is 0 Å². The first-order chi connectivity index (χ1) is 12.6. The molecule has 7 nitrogen and oxygen atoms in total. The Hall–Kier alpha value is -3.09. The van der Waals surface area contributed by atoms with Crippen LogP contribution in [0.4, 0.5) is 5.69 Å². The van der Waals surface area contributed by atoms with Crippen LogP contribution >= 0.6 is 0 Å². The fourth-order valence-corrected chi connectivity index (χ4v) is 2.87. The number of benzene rings is 1. The molecule has 26 heavy (non-hydrogen) atoms. The van der Waals surface area contributed by atoms with Gasteiger partial charge in [-0.05, 0) is 37.3 Å². The highest BCUT2D eigenvalue weighted by Crippen LogP contribution is 2.22. The summed E-state index contributed by atoms with van der Waals surface area (Å²) in [5.41, 5.74) is 0.865. The average molecular weight is 356 g/mol. The Bertz CT molecular complexity index is 800. The molecule has 0 bridgehead atoms. The second-order valence-corrected chi connectivity index (χ2v) is 6.05. The van der Waals surface area contributed by atoms with Gasteiger partial charge in [0, 0.05) is 18.7 Å². The van der Waals surface area contributed by atoms with Gasteiger partial charge in [-0.1, -0.05) is 6.07 Å². The molecular weight excluding hydrogens is 336 g/mol. The van der Waals surface area contributed by atoms with Crippen LogP contribution in [0.5, 0.6) is 0 Å². The van der Waals surface area contributed by atoms with Crippen molar-refractivity contribution >= 4 is 23.5 Å². The Morgan fingerprint density at radius 1 is 1.31 bits per heavy atom. The molecule has 1 aromatic carbocycles. The van der Waals surface area contributed by atoms with Gasteiger partial charge in [0.05, 0.1) is 30.9 Å². The summed E-state index contributed by atoms with van der Waals surface area (Å²) in [6, 6.07) is 10.1. The number of rotatable bonds is 6. The van der Waals surface area contributed by atoms with E-state index in [0.717, 1.165) is 0 Å². The van der Waals surface area contributed by atoms with E-state index in [1.54, 1.807) is 54.5 Å². The van der Waals surface area contributed by atoms with Gasteiger partial charge in [0.1, 0.15) is 5.76 Å². The monoisotopic (exact) mass is 356 g/mol. The first-order valence-corrected chi connectivity index (χ1v) is 8.45. The van der Waals surface area contributed by atoms with Crippen molar-refractivity contribution in [3.63, 3.8) is 0 Å². The molecular formula is C19H20N2O5. The van der Waals surface area contributed by atoms with Gasteiger partial charge in [-0.15, -0.1) is 0 Å². The number of amides is 2. The number of likely N-dealkylation sites (tertiary alicyclic amines) is 1. The minimum Gasteiger partial charge on any atom is -0.467 e. The Morgan fingerprint density at radius 2 is 2.15 bits per heavy atom. The highest BCUT2D eigenvalue weighted by molar-refractivity contribution is 5.98. The highest BCUT2D eigenvalue weighted by atomic mass is 16.5. The van der Waals surface area contributed by atoms with Crippen LogP contribution in [-0.4, -0.2) is 35.8 Å². The van der Waals surface area contributed by atoms with E-state index in [2.05, 4.69) is 5.32 Å². The molecule has 1 aliphatic heterocycles. The first kappa shape index (κ1) is 17.7. The Morgan fingerprint density at radius 3 is 2.88 bits per heavy atom. The summed E-state index contributed by atoms with van der Waals surface area (Å²) >= 11 is 0. The summed E-state index contributed by atoms with van der Waals surface area (Å²) in [4.78, 5) is 38.0. The molecule has 2 aromatic rings. The molecule has 0 aliphatic carbocycles. The molecule has 3 rings (SSSR count). The molecule has 1 atom stereocenters. The van der Waals surface area contributed by atoms with Crippen molar-refractivity contribution in [3.8, 4) is 0 Å². The standard InChI is InChI=1S/C19H20N2O5/c1-2-25-19(24)13-5-3-6-15(9-13)20-18(23)14-10-17(22)21(11-14)12-16-7-4-8-26-16/h3-9,14H,2,10-12H2,1H3,(H,20,23). The lowest BCUT2D eigenvalue weighted by Crippen LogP contribution is -2.28. The van der Waals surface area contributed by atoms with Crippen LogP contribution in [0.15, 0.2) is 47.1 Å². The summed E-state index contributed by atoms with van der Waals surface area (Å²) in [6.45, 7) is 2.71. The summed E-state index contributed by atoms with van der Waals surface area (Å²) in [6.07, 6.45) is 1.71. The zero-order valence-corrected chi connectivity index (χ0v) is 14.4. The lowest BCUT2D eigenvalue weighted by molar-refractivity contribution is -0.128. The van der Waals surface area contributed by atoms with Gasteiger partial charge in [-0.25, -0.2) is 4.79 Å². The number of anilines is 1. The summed E-state index contributed by atoms with van der Waals surface area (Å²) in [7, 11) is 0. The van der Waals surface area contributed by atoms with Crippen LogP contribution in [0.3, 0.4) is 0 Å². The summed E-state index contributed by atoms with van der Waals surface area (Å²) in [5, 5.41) is 2.77. The maximum absolute atomic E-state index is 12.5. The molecule has 1 fully saturated rings. The van der Waals surface area contributed by atoms with E-state index < -0.39 is 11.9 Å². The normalized spacial score (nSPS) is 16.6. The van der Waals surface area contributed by atoms with Gasteiger partial charge >= 0.3 is 5.97 Å². The second-order valence-electron chi connectivity index (χ2n) is 6.05. The zero-order valence-electron chi connectivity index (χ0n) is 14.4.